The number of hydrogen-bond donors (Lipinski definition) is 1. The first-order chi connectivity index (χ1) is 12.4. The van der Waals surface area contributed by atoms with Gasteiger partial charge in [-0.05, 0) is 56.1 Å². The Kier molecular flexibility index (Phi) is 4.45. The van der Waals surface area contributed by atoms with Gasteiger partial charge in [0.2, 0.25) is 11.8 Å². The molecule has 2 aliphatic carbocycles. The Balaban J connectivity index is 1.39. The first-order valence-corrected chi connectivity index (χ1v) is 9.48. The molecule has 0 radical (unpaired) electrons. The van der Waals surface area contributed by atoms with E-state index in [2.05, 4.69) is 12.2 Å². The van der Waals surface area contributed by atoms with Crippen LogP contribution in [0.15, 0.2) is 18.2 Å². The van der Waals surface area contributed by atoms with Crippen LogP contribution >= 0.6 is 0 Å². The fourth-order valence-electron chi connectivity index (χ4n) is 5.17. The van der Waals surface area contributed by atoms with Gasteiger partial charge in [0.15, 0.2) is 0 Å². The highest BCUT2D eigenvalue weighted by Crippen LogP contribution is 2.49. The maximum Gasteiger partial charge on any atom is 0.227 e. The first-order valence-electron chi connectivity index (χ1n) is 9.48. The number of amides is 2. The summed E-state index contributed by atoms with van der Waals surface area (Å²) >= 11 is 0. The van der Waals surface area contributed by atoms with Crippen molar-refractivity contribution in [1.82, 2.24) is 5.32 Å². The predicted molar refractivity (Wildman–Crippen MR) is 93.4 cm³/mol. The van der Waals surface area contributed by atoms with E-state index in [1.165, 1.54) is 36.6 Å². The third-order valence-corrected chi connectivity index (χ3v) is 6.50. The fourth-order valence-corrected chi connectivity index (χ4v) is 5.17. The lowest BCUT2D eigenvalue weighted by Gasteiger charge is -2.29. The van der Waals surface area contributed by atoms with E-state index in [4.69, 9.17) is 0 Å². The maximum absolute atomic E-state index is 14.0. The van der Waals surface area contributed by atoms with E-state index >= 15 is 0 Å². The van der Waals surface area contributed by atoms with E-state index in [1.54, 1.807) is 0 Å². The van der Waals surface area contributed by atoms with Gasteiger partial charge in [-0.2, -0.15) is 0 Å². The number of halogens is 2. The van der Waals surface area contributed by atoms with Crippen molar-refractivity contribution in [2.45, 2.75) is 45.1 Å². The lowest BCUT2D eigenvalue weighted by molar-refractivity contribution is -0.127. The number of fused-ring (bicyclic) bond motifs is 2. The minimum Gasteiger partial charge on any atom is -0.353 e. The largest absolute Gasteiger partial charge is 0.353 e. The van der Waals surface area contributed by atoms with Gasteiger partial charge >= 0.3 is 0 Å². The van der Waals surface area contributed by atoms with Crippen LogP contribution in [0.25, 0.3) is 0 Å². The monoisotopic (exact) mass is 362 g/mol. The molecule has 1 aromatic rings. The molecule has 1 heterocycles. The third kappa shape index (κ3) is 3.10. The number of carbonyl (C=O) groups excluding carboxylic acids is 2. The molecule has 1 saturated heterocycles. The van der Waals surface area contributed by atoms with Gasteiger partial charge in [-0.15, -0.1) is 0 Å². The van der Waals surface area contributed by atoms with Gasteiger partial charge in [0.25, 0.3) is 0 Å². The quantitative estimate of drug-likeness (QED) is 0.894. The maximum atomic E-state index is 14.0. The van der Waals surface area contributed by atoms with Gasteiger partial charge in [-0.25, -0.2) is 8.78 Å². The molecule has 1 N–H and O–H groups in total. The lowest BCUT2D eigenvalue weighted by atomic mass is 9.84. The van der Waals surface area contributed by atoms with E-state index < -0.39 is 17.6 Å². The topological polar surface area (TPSA) is 49.4 Å². The van der Waals surface area contributed by atoms with Crippen LogP contribution in [-0.2, 0) is 9.59 Å². The molecule has 140 valence electrons. The molecule has 4 nitrogen and oxygen atoms in total. The van der Waals surface area contributed by atoms with Crippen molar-refractivity contribution >= 4 is 17.5 Å². The van der Waals surface area contributed by atoms with Crippen LogP contribution < -0.4 is 10.2 Å². The second-order valence-electron chi connectivity index (χ2n) is 8.14. The number of rotatable bonds is 4. The molecule has 4 rings (SSSR count). The zero-order valence-electron chi connectivity index (χ0n) is 14.9. The van der Waals surface area contributed by atoms with Crippen LogP contribution in [0.3, 0.4) is 0 Å². The summed E-state index contributed by atoms with van der Waals surface area (Å²) in [6.07, 6.45) is 5.10. The number of nitrogens with one attached hydrogen (secondary N) is 1. The van der Waals surface area contributed by atoms with Crippen molar-refractivity contribution in [2.75, 3.05) is 11.4 Å². The summed E-state index contributed by atoms with van der Waals surface area (Å²) in [5.74, 6) is -0.350. The second kappa shape index (κ2) is 6.63. The summed E-state index contributed by atoms with van der Waals surface area (Å²) in [7, 11) is 0. The Morgan fingerprint density at radius 2 is 2.08 bits per heavy atom. The van der Waals surface area contributed by atoms with Crippen molar-refractivity contribution in [3.63, 3.8) is 0 Å². The Bertz CT molecular complexity index is 739. The Morgan fingerprint density at radius 3 is 2.73 bits per heavy atom. The zero-order valence-corrected chi connectivity index (χ0v) is 14.9. The van der Waals surface area contributed by atoms with Crippen molar-refractivity contribution in [3.8, 4) is 0 Å². The highest BCUT2D eigenvalue weighted by molar-refractivity contribution is 6.00. The van der Waals surface area contributed by atoms with Gasteiger partial charge in [-0.3, -0.25) is 9.59 Å². The molecular formula is C20H24F2N2O2. The Labute approximate surface area is 151 Å². The summed E-state index contributed by atoms with van der Waals surface area (Å²) in [6, 6.07) is 3.23. The lowest BCUT2D eigenvalue weighted by Crippen LogP contribution is -2.43. The standard InChI is InChI=1S/C20H24F2N2O2/c1-11(16-7-12-2-3-13(16)6-12)23-20(26)14-8-19(25)24(10-14)18-5-4-15(21)9-17(18)22/h4-5,9,11-14,16H,2-3,6-8,10H2,1H3,(H,23,26). The molecule has 2 amide bonds. The third-order valence-electron chi connectivity index (χ3n) is 6.50. The van der Waals surface area contributed by atoms with Crippen LogP contribution in [-0.4, -0.2) is 24.4 Å². The Hall–Kier alpha value is -1.98. The van der Waals surface area contributed by atoms with Gasteiger partial charge in [-0.1, -0.05) is 6.42 Å². The van der Waals surface area contributed by atoms with E-state index in [0.29, 0.717) is 11.8 Å². The molecule has 5 atom stereocenters. The number of hydrogen-bond acceptors (Lipinski definition) is 2. The molecule has 1 aromatic carbocycles. The van der Waals surface area contributed by atoms with Crippen LogP contribution in [0.2, 0.25) is 0 Å². The molecule has 2 bridgehead atoms. The summed E-state index contributed by atoms with van der Waals surface area (Å²) in [4.78, 5) is 26.1. The SMILES string of the molecule is CC(NC(=O)C1CC(=O)N(c2ccc(F)cc2F)C1)C1CC2CCC1C2. The molecule has 0 spiro atoms. The van der Waals surface area contributed by atoms with Gasteiger partial charge < -0.3 is 10.2 Å². The first kappa shape index (κ1) is 17.4. The van der Waals surface area contributed by atoms with Gasteiger partial charge in [0.05, 0.1) is 11.6 Å². The van der Waals surface area contributed by atoms with Crippen LogP contribution in [0, 0.1) is 35.3 Å². The summed E-state index contributed by atoms with van der Waals surface area (Å²) in [5.41, 5.74) is 0.0350. The smallest absolute Gasteiger partial charge is 0.227 e. The highest BCUT2D eigenvalue weighted by atomic mass is 19.1. The molecular weight excluding hydrogens is 338 g/mol. The average molecular weight is 362 g/mol. The number of nitrogens with zero attached hydrogens (tertiary/aromatic N) is 1. The van der Waals surface area contributed by atoms with Crippen molar-refractivity contribution in [2.24, 2.45) is 23.7 Å². The van der Waals surface area contributed by atoms with E-state index in [0.717, 1.165) is 18.1 Å². The fraction of sp³-hybridized carbons (Fsp3) is 0.600. The average Bonchev–Trinajstić information content (AvgIpc) is 3.30. The summed E-state index contributed by atoms with van der Waals surface area (Å²) < 4.78 is 27.1. The van der Waals surface area contributed by atoms with Crippen LogP contribution in [0.5, 0.6) is 0 Å². The number of anilines is 1. The second-order valence-corrected chi connectivity index (χ2v) is 8.14. The number of carbonyl (C=O) groups is 2. The van der Waals surface area contributed by atoms with Crippen molar-refractivity contribution in [1.29, 1.82) is 0 Å². The molecule has 26 heavy (non-hydrogen) atoms. The predicted octanol–water partition coefficient (Wildman–Crippen LogP) is 3.26. The van der Waals surface area contributed by atoms with Crippen molar-refractivity contribution in [3.05, 3.63) is 29.8 Å². The normalized spacial score (nSPS) is 31.5. The van der Waals surface area contributed by atoms with Gasteiger partial charge in [0, 0.05) is 25.1 Å². The minimum absolute atomic E-state index is 0.0350. The summed E-state index contributed by atoms with van der Waals surface area (Å²) in [6.45, 7) is 2.19. The molecule has 3 fully saturated rings. The molecule has 3 aliphatic rings. The van der Waals surface area contributed by atoms with Crippen LogP contribution in [0.4, 0.5) is 14.5 Å². The van der Waals surface area contributed by atoms with Crippen LogP contribution in [0.1, 0.15) is 39.0 Å². The Morgan fingerprint density at radius 1 is 1.27 bits per heavy atom. The zero-order chi connectivity index (χ0) is 18.4. The molecule has 2 saturated carbocycles. The molecule has 5 unspecified atom stereocenters. The number of benzene rings is 1. The highest BCUT2D eigenvalue weighted by Gasteiger charge is 2.43. The molecule has 0 aromatic heterocycles. The molecule has 6 heteroatoms. The van der Waals surface area contributed by atoms with E-state index in [1.807, 2.05) is 0 Å². The van der Waals surface area contributed by atoms with Gasteiger partial charge in [0.1, 0.15) is 11.6 Å². The molecule has 1 aliphatic heterocycles. The summed E-state index contributed by atoms with van der Waals surface area (Å²) in [5, 5.41) is 3.09. The van der Waals surface area contributed by atoms with E-state index in [9.17, 15) is 18.4 Å². The van der Waals surface area contributed by atoms with Crippen molar-refractivity contribution < 1.29 is 18.4 Å². The minimum atomic E-state index is -0.783. The van der Waals surface area contributed by atoms with E-state index in [-0.39, 0.29) is 36.5 Å².